The summed E-state index contributed by atoms with van der Waals surface area (Å²) in [5.74, 6) is -4.80. The molecule has 0 saturated carbocycles. The number of β-lactam (4-membered cyclic amide) rings is 1. The average Bonchev–Trinajstić information content (AvgIpc) is 2.77. The molecule has 0 radical (unpaired) electrons. The predicted octanol–water partition coefficient (Wildman–Crippen LogP) is -2.15. The molecule has 0 bridgehead atoms. The summed E-state index contributed by atoms with van der Waals surface area (Å²) in [6.07, 6.45) is -0.438. The summed E-state index contributed by atoms with van der Waals surface area (Å²) in [7, 11) is 1.49. The van der Waals surface area contributed by atoms with Crippen LogP contribution in [0.5, 0.6) is 0 Å². The smallest absolute Gasteiger partial charge is 0.372 e. The van der Waals surface area contributed by atoms with Gasteiger partial charge in [-0.25, -0.2) is 9.59 Å². The van der Waals surface area contributed by atoms with Crippen molar-refractivity contribution in [1.82, 2.24) is 25.0 Å². The van der Waals surface area contributed by atoms with Crippen molar-refractivity contribution >= 4 is 53.1 Å². The molecule has 3 heterocycles. The molecule has 4 atom stereocenters. The van der Waals surface area contributed by atoms with Crippen LogP contribution in [0.3, 0.4) is 0 Å². The number of nitrogens with one attached hydrogen (secondary N) is 2. The number of aromatic nitrogens is 3. The molecule has 2 saturated heterocycles. The van der Waals surface area contributed by atoms with Crippen molar-refractivity contribution in [1.29, 1.82) is 0 Å². The standard InChI is InChI=1S/C18H21N5O9S2/c1-22-18(20-12(26)13(27)21-22)34-6-7-5-33-15-10(14(28)23(15)11(7)17(31)32)19-9(25)4-2-3-8(24)16(29)30/h7,10-11,15H,2-6H2,1H3,(H,19,25)(H,21,27)(H,29,30)(H,31,32)/t7?,10-,11?,15-/m1/s1. The van der Waals surface area contributed by atoms with Gasteiger partial charge in [0.05, 0.1) is 0 Å². The Balaban J connectivity index is 1.59. The van der Waals surface area contributed by atoms with E-state index in [1.165, 1.54) is 28.4 Å². The number of nitrogens with zero attached hydrogens (tertiary/aromatic N) is 3. The maximum atomic E-state index is 12.7. The molecule has 0 aromatic carbocycles. The molecule has 184 valence electrons. The molecule has 0 aliphatic carbocycles. The normalized spacial score (nSPS) is 23.6. The summed E-state index contributed by atoms with van der Waals surface area (Å²) in [5, 5.41) is 22.8. The van der Waals surface area contributed by atoms with Crippen molar-refractivity contribution in [2.24, 2.45) is 13.0 Å². The Hall–Kier alpha value is -3.14. The number of carbonyl (C=O) groups is 5. The van der Waals surface area contributed by atoms with E-state index >= 15 is 0 Å². The summed E-state index contributed by atoms with van der Waals surface area (Å²) in [5.41, 5.74) is -1.84. The van der Waals surface area contributed by atoms with Gasteiger partial charge in [-0.05, 0) is 6.42 Å². The van der Waals surface area contributed by atoms with E-state index < -0.39 is 64.0 Å². The molecule has 2 amide bonds. The first-order valence-electron chi connectivity index (χ1n) is 10.0. The number of amides is 2. The van der Waals surface area contributed by atoms with Gasteiger partial charge in [0.15, 0.2) is 5.16 Å². The zero-order valence-electron chi connectivity index (χ0n) is 17.8. The molecule has 34 heavy (non-hydrogen) atoms. The fourth-order valence-electron chi connectivity index (χ4n) is 3.63. The van der Waals surface area contributed by atoms with Crippen LogP contribution in [0.1, 0.15) is 19.3 Å². The Morgan fingerprint density at radius 3 is 2.56 bits per heavy atom. The Morgan fingerprint density at radius 1 is 1.21 bits per heavy atom. The van der Waals surface area contributed by atoms with Gasteiger partial charge in [0, 0.05) is 37.3 Å². The SMILES string of the molecule is Cn1[nH]c(=O)c(=O)nc1SCC1CS[C@@H]2[C@H](NC(=O)CCCC(=O)C(=O)O)C(=O)N2C1C(=O)O. The van der Waals surface area contributed by atoms with Crippen molar-refractivity contribution in [2.75, 3.05) is 11.5 Å². The van der Waals surface area contributed by atoms with Crippen LogP contribution in [0.25, 0.3) is 0 Å². The second kappa shape index (κ2) is 10.4. The van der Waals surface area contributed by atoms with E-state index in [0.717, 1.165) is 11.8 Å². The topological polar surface area (TPSA) is 209 Å². The maximum Gasteiger partial charge on any atom is 0.372 e. The molecular weight excluding hydrogens is 494 g/mol. The largest absolute Gasteiger partial charge is 0.480 e. The van der Waals surface area contributed by atoms with E-state index in [-0.39, 0.29) is 30.2 Å². The summed E-state index contributed by atoms with van der Waals surface area (Å²) in [4.78, 5) is 86.1. The van der Waals surface area contributed by atoms with E-state index in [2.05, 4.69) is 15.4 Å². The monoisotopic (exact) mass is 515 g/mol. The molecule has 2 unspecified atom stereocenters. The Kier molecular flexibility index (Phi) is 7.81. The molecule has 16 heteroatoms. The van der Waals surface area contributed by atoms with Gasteiger partial charge in [-0.3, -0.25) is 33.8 Å². The Morgan fingerprint density at radius 2 is 1.91 bits per heavy atom. The number of H-pyrrole nitrogens is 1. The van der Waals surface area contributed by atoms with Gasteiger partial charge < -0.3 is 20.4 Å². The van der Waals surface area contributed by atoms with Gasteiger partial charge in [0.1, 0.15) is 17.5 Å². The van der Waals surface area contributed by atoms with E-state index in [9.17, 15) is 38.7 Å². The Bertz CT molecular complexity index is 1150. The highest BCUT2D eigenvalue weighted by Crippen LogP contribution is 2.42. The van der Waals surface area contributed by atoms with E-state index in [1.54, 1.807) is 0 Å². The summed E-state index contributed by atoms with van der Waals surface area (Å²) >= 11 is 2.39. The fourth-order valence-corrected chi connectivity index (χ4v) is 6.34. The zero-order valence-corrected chi connectivity index (χ0v) is 19.4. The molecule has 0 spiro atoms. The van der Waals surface area contributed by atoms with E-state index in [0.29, 0.717) is 5.75 Å². The minimum atomic E-state index is -1.57. The van der Waals surface area contributed by atoms with Gasteiger partial charge in [-0.15, -0.1) is 11.8 Å². The summed E-state index contributed by atoms with van der Waals surface area (Å²) in [6, 6.07) is -2.06. The second-order valence-corrected chi connectivity index (χ2v) is 9.79. The molecule has 1 aromatic rings. The molecule has 1 aromatic heterocycles. The number of aromatic amines is 1. The number of aryl methyl sites for hydroxylation is 1. The zero-order chi connectivity index (χ0) is 25.2. The lowest BCUT2D eigenvalue weighted by molar-refractivity contribution is -0.164. The third-order valence-corrected chi connectivity index (χ3v) is 7.98. The lowest BCUT2D eigenvalue weighted by Crippen LogP contribution is -2.76. The van der Waals surface area contributed by atoms with Crippen molar-refractivity contribution in [3.63, 3.8) is 0 Å². The van der Waals surface area contributed by atoms with Crippen molar-refractivity contribution in [2.45, 2.75) is 41.9 Å². The van der Waals surface area contributed by atoms with Gasteiger partial charge >= 0.3 is 23.1 Å². The number of fused-ring (bicyclic) bond motifs is 1. The number of carbonyl (C=O) groups excluding carboxylic acids is 3. The number of Topliss-reactive ketones (excluding diaryl/α,β-unsaturated/α-hetero) is 1. The highest BCUT2D eigenvalue weighted by Gasteiger charge is 2.57. The maximum absolute atomic E-state index is 12.7. The van der Waals surface area contributed by atoms with Crippen LogP contribution >= 0.6 is 23.5 Å². The summed E-state index contributed by atoms with van der Waals surface area (Å²) < 4.78 is 1.26. The van der Waals surface area contributed by atoms with Crippen LogP contribution in [-0.4, -0.2) is 88.4 Å². The second-order valence-electron chi connectivity index (χ2n) is 7.65. The highest BCUT2D eigenvalue weighted by molar-refractivity contribution is 8.00. The Labute approximate surface area is 199 Å². The molecule has 2 aliphatic rings. The first-order valence-corrected chi connectivity index (χ1v) is 12.1. The highest BCUT2D eigenvalue weighted by atomic mass is 32.2. The molecule has 2 fully saturated rings. The third-order valence-electron chi connectivity index (χ3n) is 5.30. The number of rotatable bonds is 10. The first kappa shape index (κ1) is 25.5. The number of thioether (sulfide) groups is 2. The lowest BCUT2D eigenvalue weighted by Gasteiger charge is -2.54. The van der Waals surface area contributed by atoms with E-state index in [4.69, 9.17) is 5.11 Å². The number of aliphatic carboxylic acids is 2. The van der Waals surface area contributed by atoms with Gasteiger partial charge in [-0.1, -0.05) is 11.8 Å². The number of carboxylic acid groups (broad SMARTS) is 2. The van der Waals surface area contributed by atoms with Crippen LogP contribution in [0, 0.1) is 5.92 Å². The van der Waals surface area contributed by atoms with Crippen LogP contribution in [0.4, 0.5) is 0 Å². The van der Waals surface area contributed by atoms with Gasteiger partial charge in [0.25, 0.3) is 0 Å². The number of hydrogen-bond donors (Lipinski definition) is 4. The minimum Gasteiger partial charge on any atom is -0.480 e. The summed E-state index contributed by atoms with van der Waals surface area (Å²) in [6.45, 7) is 0. The quantitative estimate of drug-likeness (QED) is 0.149. The molecular formula is C18H21N5O9S2. The number of ketones is 1. The van der Waals surface area contributed by atoms with Crippen molar-refractivity contribution in [3.8, 4) is 0 Å². The van der Waals surface area contributed by atoms with E-state index in [1.807, 2.05) is 0 Å². The van der Waals surface area contributed by atoms with Crippen molar-refractivity contribution in [3.05, 3.63) is 20.7 Å². The van der Waals surface area contributed by atoms with Crippen LogP contribution in [0.15, 0.2) is 14.7 Å². The fraction of sp³-hybridized carbons (Fsp3) is 0.556. The number of hydrogen-bond acceptors (Lipinski definition) is 10. The first-order chi connectivity index (χ1) is 16.0. The minimum absolute atomic E-state index is 0.0116. The third kappa shape index (κ3) is 5.32. The van der Waals surface area contributed by atoms with Gasteiger partial charge in [0.2, 0.25) is 17.6 Å². The predicted molar refractivity (Wildman–Crippen MR) is 117 cm³/mol. The molecule has 14 nitrogen and oxygen atoms in total. The van der Waals surface area contributed by atoms with Gasteiger partial charge in [-0.2, -0.15) is 4.98 Å². The van der Waals surface area contributed by atoms with Crippen LogP contribution < -0.4 is 16.4 Å². The lowest BCUT2D eigenvalue weighted by atomic mass is 9.94. The van der Waals surface area contributed by atoms with Crippen molar-refractivity contribution < 1.29 is 34.2 Å². The van der Waals surface area contributed by atoms with Crippen LogP contribution in [0.2, 0.25) is 0 Å². The molecule has 3 rings (SSSR count). The number of carboxylic acids is 2. The molecule has 2 aliphatic heterocycles. The molecule has 4 N–H and O–H groups in total. The van der Waals surface area contributed by atoms with Crippen LogP contribution in [-0.2, 0) is 31.0 Å². The average molecular weight is 516 g/mol.